The van der Waals surface area contributed by atoms with Crippen LogP contribution in [-0.4, -0.2) is 87.7 Å². The highest BCUT2D eigenvalue weighted by Crippen LogP contribution is 2.09. The molecule has 1 aromatic rings. The molecule has 0 bridgehead atoms. The van der Waals surface area contributed by atoms with E-state index in [1.807, 2.05) is 0 Å². The number of carbonyl (C=O) groups is 2. The molecule has 0 aliphatic carbocycles. The van der Waals surface area contributed by atoms with E-state index in [9.17, 15) is 18.0 Å². The summed E-state index contributed by atoms with van der Waals surface area (Å²) in [5.74, 6) is -1.09. The van der Waals surface area contributed by atoms with Crippen LogP contribution in [-0.2, 0) is 24.3 Å². The lowest BCUT2D eigenvalue weighted by Gasteiger charge is -2.34. The van der Waals surface area contributed by atoms with Gasteiger partial charge in [-0.2, -0.15) is 0 Å². The molecule has 0 aromatic heterocycles. The molecular formula is C17H25N3O6S. The van der Waals surface area contributed by atoms with Crippen molar-refractivity contribution < 1.29 is 27.9 Å². The van der Waals surface area contributed by atoms with E-state index >= 15 is 0 Å². The zero-order chi connectivity index (χ0) is 19.9. The summed E-state index contributed by atoms with van der Waals surface area (Å²) < 4.78 is 32.3. The molecule has 0 spiro atoms. The molecule has 1 amide bonds. The Bertz CT molecular complexity index is 740. The fourth-order valence-corrected chi connectivity index (χ4v) is 3.89. The number of nitrogens with zero attached hydrogens (tertiary/aromatic N) is 2. The minimum atomic E-state index is -3.63. The summed E-state index contributed by atoms with van der Waals surface area (Å²) in [5.41, 5.74) is 0. The fourth-order valence-electron chi connectivity index (χ4n) is 2.83. The predicted octanol–water partition coefficient (Wildman–Crippen LogP) is -0.401. The van der Waals surface area contributed by atoms with Gasteiger partial charge in [-0.25, -0.2) is 13.1 Å². The molecule has 1 aliphatic rings. The third-order valence-corrected chi connectivity index (χ3v) is 5.57. The maximum absolute atomic E-state index is 12.4. The van der Waals surface area contributed by atoms with Gasteiger partial charge in [0, 0.05) is 32.6 Å². The maximum atomic E-state index is 12.4. The summed E-state index contributed by atoms with van der Waals surface area (Å²) >= 11 is 0. The van der Waals surface area contributed by atoms with Gasteiger partial charge in [0.05, 0.1) is 24.2 Å². The number of carbonyl (C=O) groups excluding carboxylic acids is 1. The van der Waals surface area contributed by atoms with Gasteiger partial charge in [-0.1, -0.05) is 18.2 Å². The van der Waals surface area contributed by atoms with Crippen LogP contribution in [0.4, 0.5) is 0 Å². The summed E-state index contributed by atoms with van der Waals surface area (Å²) in [5, 5.41) is 8.80. The van der Waals surface area contributed by atoms with Crippen LogP contribution < -0.4 is 4.72 Å². The number of carboxylic acids is 1. The van der Waals surface area contributed by atoms with Gasteiger partial charge in [0.15, 0.2) is 0 Å². The van der Waals surface area contributed by atoms with Gasteiger partial charge in [0.25, 0.3) is 0 Å². The fraction of sp³-hybridized carbons (Fsp3) is 0.529. The molecular weight excluding hydrogens is 374 g/mol. The number of morpholine rings is 1. The first-order valence-electron chi connectivity index (χ1n) is 8.62. The first kappa shape index (κ1) is 21.3. The molecule has 0 saturated carbocycles. The van der Waals surface area contributed by atoms with E-state index in [2.05, 4.69) is 4.72 Å². The van der Waals surface area contributed by atoms with Gasteiger partial charge >= 0.3 is 5.97 Å². The summed E-state index contributed by atoms with van der Waals surface area (Å²) in [6.07, 6.45) is -0.225. The molecule has 27 heavy (non-hydrogen) atoms. The van der Waals surface area contributed by atoms with Gasteiger partial charge in [-0.15, -0.1) is 0 Å². The molecule has 1 atom stereocenters. The van der Waals surface area contributed by atoms with E-state index in [1.165, 1.54) is 12.1 Å². The monoisotopic (exact) mass is 399 g/mol. The smallest absolute Gasteiger partial charge is 0.317 e. The molecule has 0 radical (unpaired) electrons. The topological polar surface area (TPSA) is 116 Å². The minimum Gasteiger partial charge on any atom is -0.480 e. The van der Waals surface area contributed by atoms with Crippen molar-refractivity contribution in [3.63, 3.8) is 0 Å². The molecule has 10 heteroatoms. The van der Waals surface area contributed by atoms with E-state index in [4.69, 9.17) is 9.84 Å². The summed E-state index contributed by atoms with van der Waals surface area (Å²) in [4.78, 5) is 26.5. The van der Waals surface area contributed by atoms with Gasteiger partial charge in [-0.3, -0.25) is 14.5 Å². The van der Waals surface area contributed by atoms with Crippen LogP contribution in [0.2, 0.25) is 0 Å². The molecule has 1 saturated heterocycles. The van der Waals surface area contributed by atoms with Crippen LogP contribution in [0.5, 0.6) is 0 Å². The number of benzene rings is 1. The maximum Gasteiger partial charge on any atom is 0.317 e. The Morgan fingerprint density at radius 1 is 1.33 bits per heavy atom. The zero-order valence-electron chi connectivity index (χ0n) is 15.2. The average Bonchev–Trinajstić information content (AvgIpc) is 2.61. The molecule has 2 N–H and O–H groups in total. The van der Waals surface area contributed by atoms with Crippen molar-refractivity contribution in [3.05, 3.63) is 30.3 Å². The van der Waals surface area contributed by atoms with E-state index in [0.717, 1.165) is 0 Å². The standard InChI is InChI=1S/C17H25N3O6S/c1-19(13-17(22)23)11-14-12-20(9-10-26-14)16(21)7-8-18-27(24,25)15-5-3-2-4-6-15/h2-6,14,18H,7-13H2,1H3,(H,22,23). The third kappa shape index (κ3) is 6.90. The van der Waals surface area contributed by atoms with Crippen LogP contribution in [0.25, 0.3) is 0 Å². The second-order valence-corrected chi connectivity index (χ2v) is 8.15. The predicted molar refractivity (Wildman–Crippen MR) is 97.7 cm³/mol. The number of sulfonamides is 1. The Kier molecular flexibility index (Phi) is 7.72. The van der Waals surface area contributed by atoms with Crippen molar-refractivity contribution >= 4 is 21.9 Å². The molecule has 2 rings (SSSR count). The third-order valence-electron chi connectivity index (χ3n) is 4.10. The first-order chi connectivity index (χ1) is 12.8. The highest BCUT2D eigenvalue weighted by atomic mass is 32.2. The molecule has 1 heterocycles. The number of aliphatic carboxylic acids is 1. The van der Waals surface area contributed by atoms with Crippen molar-refractivity contribution in [1.82, 2.24) is 14.5 Å². The van der Waals surface area contributed by atoms with Crippen molar-refractivity contribution in [3.8, 4) is 0 Å². The number of rotatable bonds is 9. The quantitative estimate of drug-likeness (QED) is 0.580. The van der Waals surface area contributed by atoms with Crippen LogP contribution >= 0.6 is 0 Å². The van der Waals surface area contributed by atoms with Crippen molar-refractivity contribution in [2.24, 2.45) is 0 Å². The van der Waals surface area contributed by atoms with Gasteiger partial charge in [0.2, 0.25) is 15.9 Å². The number of carboxylic acid groups (broad SMARTS) is 1. The highest BCUT2D eigenvalue weighted by molar-refractivity contribution is 7.89. The van der Waals surface area contributed by atoms with Crippen LogP contribution in [0.1, 0.15) is 6.42 Å². The summed E-state index contributed by atoms with van der Waals surface area (Å²) in [7, 11) is -1.96. The van der Waals surface area contributed by atoms with Gasteiger partial charge in [0.1, 0.15) is 0 Å². The lowest BCUT2D eigenvalue weighted by atomic mass is 10.2. The average molecular weight is 399 g/mol. The molecule has 9 nitrogen and oxygen atoms in total. The zero-order valence-corrected chi connectivity index (χ0v) is 16.0. The first-order valence-corrected chi connectivity index (χ1v) is 10.1. The Morgan fingerprint density at radius 2 is 2.04 bits per heavy atom. The van der Waals surface area contributed by atoms with Crippen molar-refractivity contribution in [2.45, 2.75) is 17.4 Å². The number of nitrogens with one attached hydrogen (secondary N) is 1. The summed E-state index contributed by atoms with van der Waals surface area (Å²) in [6, 6.07) is 7.98. The Hall–Kier alpha value is -2.01. The normalized spacial score (nSPS) is 17.9. The second-order valence-electron chi connectivity index (χ2n) is 6.38. The molecule has 1 aromatic carbocycles. The van der Waals surface area contributed by atoms with E-state index < -0.39 is 16.0 Å². The van der Waals surface area contributed by atoms with Crippen molar-refractivity contribution in [1.29, 1.82) is 0 Å². The van der Waals surface area contributed by atoms with Crippen LogP contribution in [0.3, 0.4) is 0 Å². The van der Waals surface area contributed by atoms with Crippen LogP contribution in [0.15, 0.2) is 35.2 Å². The van der Waals surface area contributed by atoms with E-state index in [0.29, 0.717) is 26.2 Å². The number of hydrogen-bond donors (Lipinski definition) is 2. The minimum absolute atomic E-state index is 0.0109. The second kappa shape index (κ2) is 9.79. The number of ether oxygens (including phenoxy) is 1. The molecule has 1 unspecified atom stereocenters. The van der Waals surface area contributed by atoms with Gasteiger partial charge < -0.3 is 14.7 Å². The molecule has 1 fully saturated rings. The van der Waals surface area contributed by atoms with E-state index in [-0.39, 0.29) is 36.4 Å². The van der Waals surface area contributed by atoms with Crippen molar-refractivity contribution in [2.75, 3.05) is 46.4 Å². The Morgan fingerprint density at radius 3 is 2.70 bits per heavy atom. The van der Waals surface area contributed by atoms with E-state index in [1.54, 1.807) is 35.0 Å². The molecule has 1 aliphatic heterocycles. The Labute approximate surface area is 159 Å². The lowest BCUT2D eigenvalue weighted by molar-refractivity contribution is -0.142. The SMILES string of the molecule is CN(CC(=O)O)CC1CN(C(=O)CCNS(=O)(=O)c2ccccc2)CCO1. The molecule has 150 valence electrons. The lowest BCUT2D eigenvalue weighted by Crippen LogP contribution is -2.50. The number of hydrogen-bond acceptors (Lipinski definition) is 6. The highest BCUT2D eigenvalue weighted by Gasteiger charge is 2.25. The summed E-state index contributed by atoms with van der Waals surface area (Å²) in [6.45, 7) is 1.47. The Balaban J connectivity index is 1.79. The number of likely N-dealkylation sites (N-methyl/N-ethyl adjacent to an activating group) is 1. The van der Waals surface area contributed by atoms with Gasteiger partial charge in [-0.05, 0) is 19.2 Å². The number of amides is 1. The van der Waals surface area contributed by atoms with Crippen LogP contribution in [0, 0.1) is 0 Å². The largest absolute Gasteiger partial charge is 0.480 e.